The van der Waals surface area contributed by atoms with Crippen molar-refractivity contribution in [3.8, 4) is 17.3 Å². The Morgan fingerprint density at radius 3 is 2.77 bits per heavy atom. The SMILES string of the molecule is CCC(O)c1coc(-c2nc3oc2C24c5ccccc5NC2Oc2ccc(cc24)C[C@H](N)C(=O)N[C@H]3C(C)C)n1. The summed E-state index contributed by atoms with van der Waals surface area (Å²) in [5.74, 6) is 1.38. The highest BCUT2D eigenvalue weighted by atomic mass is 16.5. The fourth-order valence-corrected chi connectivity index (χ4v) is 6.11. The van der Waals surface area contributed by atoms with E-state index >= 15 is 0 Å². The van der Waals surface area contributed by atoms with Crippen LogP contribution in [0.3, 0.4) is 0 Å². The average molecular weight is 542 g/mol. The zero-order chi connectivity index (χ0) is 27.8. The molecule has 3 aliphatic heterocycles. The van der Waals surface area contributed by atoms with E-state index in [1.165, 1.54) is 6.26 Å². The van der Waals surface area contributed by atoms with E-state index in [0.717, 1.165) is 22.4 Å². The second-order valence-corrected chi connectivity index (χ2v) is 11.1. The Labute approximate surface area is 231 Å². The Kier molecular flexibility index (Phi) is 5.55. The van der Waals surface area contributed by atoms with Crippen molar-refractivity contribution in [1.29, 1.82) is 0 Å². The van der Waals surface area contributed by atoms with E-state index in [4.69, 9.17) is 24.3 Å². The highest BCUT2D eigenvalue weighted by Gasteiger charge is 2.61. The highest BCUT2D eigenvalue weighted by Crippen LogP contribution is 2.59. The molecule has 5 N–H and O–H groups in total. The molecule has 1 spiro atoms. The molecule has 5 atom stereocenters. The Hall–Kier alpha value is -4.15. The van der Waals surface area contributed by atoms with Gasteiger partial charge in [-0.2, -0.15) is 0 Å². The van der Waals surface area contributed by atoms with E-state index in [-0.39, 0.29) is 17.7 Å². The zero-order valence-electron chi connectivity index (χ0n) is 22.5. The van der Waals surface area contributed by atoms with Gasteiger partial charge in [-0.05, 0) is 42.0 Å². The van der Waals surface area contributed by atoms with Crippen molar-refractivity contribution < 1.29 is 23.5 Å². The maximum atomic E-state index is 13.2. The number of benzene rings is 2. The minimum atomic E-state index is -0.935. The first kappa shape index (κ1) is 24.9. The smallest absolute Gasteiger partial charge is 0.249 e. The molecule has 10 heteroatoms. The van der Waals surface area contributed by atoms with Gasteiger partial charge in [0.15, 0.2) is 17.7 Å². The number of oxazole rings is 2. The van der Waals surface area contributed by atoms with Crippen LogP contribution in [-0.4, -0.2) is 33.3 Å². The third kappa shape index (κ3) is 3.45. The van der Waals surface area contributed by atoms with E-state index in [0.29, 0.717) is 41.6 Å². The number of nitrogens with one attached hydrogen (secondary N) is 2. The second kappa shape index (κ2) is 8.94. The molecule has 4 bridgehead atoms. The lowest BCUT2D eigenvalue weighted by molar-refractivity contribution is -0.123. The predicted molar refractivity (Wildman–Crippen MR) is 145 cm³/mol. The normalized spacial score (nSPS) is 25.2. The Bertz CT molecular complexity index is 1630. The molecule has 1 amide bonds. The summed E-state index contributed by atoms with van der Waals surface area (Å²) in [5, 5.41) is 17.1. The number of rotatable bonds is 4. The largest absolute Gasteiger partial charge is 0.469 e. The monoisotopic (exact) mass is 541 g/mol. The van der Waals surface area contributed by atoms with E-state index in [2.05, 4.69) is 21.7 Å². The Morgan fingerprint density at radius 1 is 1.15 bits per heavy atom. The number of aromatic nitrogens is 2. The highest BCUT2D eigenvalue weighted by molar-refractivity contribution is 5.82. The summed E-state index contributed by atoms with van der Waals surface area (Å²) in [4.78, 5) is 22.8. The van der Waals surface area contributed by atoms with Crippen LogP contribution in [0, 0.1) is 5.92 Å². The number of hydrogen-bond acceptors (Lipinski definition) is 9. The number of ether oxygens (including phenoxy) is 1. The molecule has 206 valence electrons. The molecular formula is C30H31N5O5. The van der Waals surface area contributed by atoms with E-state index in [9.17, 15) is 9.90 Å². The van der Waals surface area contributed by atoms with Gasteiger partial charge in [0.2, 0.25) is 17.7 Å². The van der Waals surface area contributed by atoms with Gasteiger partial charge in [0.05, 0.1) is 12.1 Å². The lowest BCUT2D eigenvalue weighted by Crippen LogP contribution is -2.45. The van der Waals surface area contributed by atoms with Gasteiger partial charge in [0, 0.05) is 11.3 Å². The molecule has 2 aromatic carbocycles. The van der Waals surface area contributed by atoms with Crippen molar-refractivity contribution in [1.82, 2.24) is 15.3 Å². The van der Waals surface area contributed by atoms with Crippen LogP contribution in [0.15, 0.2) is 57.6 Å². The summed E-state index contributed by atoms with van der Waals surface area (Å²) in [6, 6.07) is 12.6. The molecular weight excluding hydrogens is 510 g/mol. The minimum absolute atomic E-state index is 0.0593. The Balaban J connectivity index is 1.56. The number of aliphatic hydroxyl groups is 1. The van der Waals surface area contributed by atoms with Crippen LogP contribution in [0.4, 0.5) is 5.69 Å². The minimum Gasteiger partial charge on any atom is -0.469 e. The number of carbonyl (C=O) groups excluding carboxylic acids is 1. The third-order valence-corrected chi connectivity index (χ3v) is 8.22. The van der Waals surface area contributed by atoms with Crippen LogP contribution < -0.4 is 21.1 Å². The molecule has 0 fully saturated rings. The summed E-state index contributed by atoms with van der Waals surface area (Å²) >= 11 is 0. The zero-order valence-corrected chi connectivity index (χ0v) is 22.5. The first-order chi connectivity index (χ1) is 19.3. The number of carbonyl (C=O) groups is 1. The topological polar surface area (TPSA) is 149 Å². The van der Waals surface area contributed by atoms with Crippen LogP contribution >= 0.6 is 0 Å². The summed E-state index contributed by atoms with van der Waals surface area (Å²) in [5.41, 5.74) is 9.93. The molecule has 4 aromatic rings. The van der Waals surface area contributed by atoms with Crippen molar-refractivity contribution in [3.05, 3.63) is 82.8 Å². The summed E-state index contributed by atoms with van der Waals surface area (Å²) in [6.07, 6.45) is 0.982. The molecule has 7 rings (SSSR count). The van der Waals surface area contributed by atoms with E-state index < -0.39 is 29.8 Å². The van der Waals surface area contributed by atoms with Gasteiger partial charge in [-0.25, -0.2) is 9.97 Å². The van der Waals surface area contributed by atoms with E-state index in [1.54, 1.807) is 0 Å². The number of aliphatic hydroxyl groups excluding tert-OH is 1. The van der Waals surface area contributed by atoms with Gasteiger partial charge >= 0.3 is 0 Å². The number of para-hydroxylation sites is 1. The second-order valence-electron chi connectivity index (χ2n) is 11.1. The predicted octanol–water partition coefficient (Wildman–Crippen LogP) is 3.95. The van der Waals surface area contributed by atoms with Crippen molar-refractivity contribution in [2.75, 3.05) is 5.32 Å². The van der Waals surface area contributed by atoms with Gasteiger partial charge in [0.25, 0.3) is 0 Å². The summed E-state index contributed by atoms with van der Waals surface area (Å²) in [6.45, 7) is 5.84. The Morgan fingerprint density at radius 2 is 1.98 bits per heavy atom. The van der Waals surface area contributed by atoms with Gasteiger partial charge in [-0.3, -0.25) is 4.79 Å². The van der Waals surface area contributed by atoms with Crippen LogP contribution in [0.2, 0.25) is 0 Å². The van der Waals surface area contributed by atoms with E-state index in [1.807, 2.05) is 57.2 Å². The average Bonchev–Trinajstić information content (AvgIpc) is 3.71. The molecule has 5 heterocycles. The van der Waals surface area contributed by atoms with Gasteiger partial charge in [0.1, 0.15) is 29.2 Å². The molecule has 40 heavy (non-hydrogen) atoms. The quantitative estimate of drug-likeness (QED) is 0.301. The summed E-state index contributed by atoms with van der Waals surface area (Å²) < 4.78 is 19.2. The maximum Gasteiger partial charge on any atom is 0.249 e. The van der Waals surface area contributed by atoms with Crippen molar-refractivity contribution in [2.45, 2.75) is 63.4 Å². The van der Waals surface area contributed by atoms with Gasteiger partial charge < -0.3 is 35.0 Å². The van der Waals surface area contributed by atoms with Crippen LogP contribution in [0.25, 0.3) is 11.6 Å². The number of nitrogens with two attached hydrogens (primary N) is 1. The molecule has 0 saturated heterocycles. The van der Waals surface area contributed by atoms with Crippen molar-refractivity contribution in [2.24, 2.45) is 11.7 Å². The molecule has 0 radical (unpaired) electrons. The first-order valence-corrected chi connectivity index (χ1v) is 13.7. The standard InChI is InChI=1S/C30H31N5O5/c1-4-21(36)20-13-38-27(32-20)24-25-30-16-7-5-6-8-19(16)33-29(30)39-22-10-9-15(11-17(22)30)12-18(31)26(37)34-23(14(2)3)28(35-24)40-25/h5-11,13-14,18,21,23,29,33,36H,4,12,31H2,1-3H3,(H,34,37)/t18-,21?,23-,29?,30?/m0/s1. The fourth-order valence-electron chi connectivity index (χ4n) is 6.11. The molecule has 3 aliphatic rings. The third-order valence-electron chi connectivity index (χ3n) is 8.22. The lowest BCUT2D eigenvalue weighted by atomic mass is 9.72. The molecule has 10 nitrogen and oxygen atoms in total. The molecule has 0 saturated carbocycles. The first-order valence-electron chi connectivity index (χ1n) is 13.7. The molecule has 2 aromatic heterocycles. The maximum absolute atomic E-state index is 13.2. The van der Waals surface area contributed by atoms with Crippen molar-refractivity contribution in [3.63, 3.8) is 0 Å². The van der Waals surface area contributed by atoms with Crippen LogP contribution in [0.1, 0.15) is 73.4 Å². The molecule has 3 unspecified atom stereocenters. The number of nitrogens with zero attached hydrogens (tertiary/aromatic N) is 2. The fraction of sp³-hybridized carbons (Fsp3) is 0.367. The van der Waals surface area contributed by atoms with Crippen LogP contribution in [0.5, 0.6) is 5.75 Å². The number of anilines is 1. The lowest BCUT2D eigenvalue weighted by Gasteiger charge is -2.28. The number of amides is 1. The van der Waals surface area contributed by atoms with Gasteiger partial charge in [-0.15, -0.1) is 0 Å². The van der Waals surface area contributed by atoms with Crippen LogP contribution in [-0.2, 0) is 16.6 Å². The number of fused-ring (bicyclic) bond motifs is 4. The number of hydrogen-bond donors (Lipinski definition) is 4. The van der Waals surface area contributed by atoms with Gasteiger partial charge in [-0.1, -0.05) is 51.1 Å². The summed E-state index contributed by atoms with van der Waals surface area (Å²) in [7, 11) is 0. The molecule has 0 aliphatic carbocycles. The van der Waals surface area contributed by atoms with Crippen molar-refractivity contribution >= 4 is 11.6 Å².